The van der Waals surface area contributed by atoms with Crippen molar-refractivity contribution in [2.24, 2.45) is 5.92 Å². The highest BCUT2D eigenvalue weighted by molar-refractivity contribution is 5.97. The number of anilines is 1. The predicted octanol–water partition coefficient (Wildman–Crippen LogP) is 3.30. The monoisotopic (exact) mass is 373 g/mol. The van der Waals surface area contributed by atoms with Crippen LogP contribution in [0.1, 0.15) is 36.2 Å². The zero-order valence-corrected chi connectivity index (χ0v) is 16.2. The quantitative estimate of drug-likeness (QED) is 0.882. The van der Waals surface area contributed by atoms with Gasteiger partial charge in [-0.3, -0.25) is 9.69 Å². The smallest absolute Gasteiger partial charge is 0.254 e. The topological polar surface area (TPSA) is 35.6 Å². The third kappa shape index (κ3) is 4.78. The van der Waals surface area contributed by atoms with Crippen LogP contribution in [-0.2, 0) is 6.42 Å². The lowest BCUT2D eigenvalue weighted by Gasteiger charge is -2.36. The summed E-state index contributed by atoms with van der Waals surface area (Å²) >= 11 is 0. The van der Waals surface area contributed by atoms with Crippen LogP contribution in [0.4, 0.5) is 5.69 Å². The van der Waals surface area contributed by atoms with Gasteiger partial charge in [-0.1, -0.05) is 19.9 Å². The van der Waals surface area contributed by atoms with E-state index in [2.05, 4.69) is 30.1 Å². The van der Waals surface area contributed by atoms with Crippen molar-refractivity contribution in [3.05, 3.63) is 29.3 Å². The van der Waals surface area contributed by atoms with E-state index in [1.54, 1.807) is 0 Å². The maximum atomic E-state index is 12.9. The Morgan fingerprint density at radius 3 is 2.54 bits per heavy atom. The molecule has 0 spiro atoms. The Hall–Kier alpha value is -0.970. The molecule has 0 aliphatic carbocycles. The average Bonchev–Trinajstić information content (AvgIpc) is 2.54. The molecule has 1 N–H and O–H groups in total. The Morgan fingerprint density at radius 1 is 1.17 bits per heavy atom. The SMILES string of the molecule is CC(C)CN1CCN(C(=O)c2cccc3c2CCCN3)CC1.Cl.Cl. The second kappa shape index (κ2) is 9.50. The fourth-order valence-corrected chi connectivity index (χ4v) is 3.53. The number of carbonyl (C=O) groups is 1. The van der Waals surface area contributed by atoms with E-state index in [0.29, 0.717) is 5.92 Å². The predicted molar refractivity (Wildman–Crippen MR) is 105 cm³/mol. The molecule has 3 rings (SSSR count). The number of piperazine rings is 1. The van der Waals surface area contributed by atoms with Crippen molar-refractivity contribution in [3.63, 3.8) is 0 Å². The van der Waals surface area contributed by atoms with Crippen LogP contribution in [0.25, 0.3) is 0 Å². The van der Waals surface area contributed by atoms with E-state index in [9.17, 15) is 4.79 Å². The second-order valence-corrected chi connectivity index (χ2v) is 6.85. The number of benzene rings is 1. The van der Waals surface area contributed by atoms with E-state index < -0.39 is 0 Å². The minimum absolute atomic E-state index is 0. The van der Waals surface area contributed by atoms with Gasteiger partial charge in [-0.25, -0.2) is 0 Å². The van der Waals surface area contributed by atoms with Crippen molar-refractivity contribution in [1.82, 2.24) is 9.80 Å². The lowest BCUT2D eigenvalue weighted by atomic mass is 9.96. The number of hydrogen-bond donors (Lipinski definition) is 1. The summed E-state index contributed by atoms with van der Waals surface area (Å²) in [5.74, 6) is 0.902. The minimum Gasteiger partial charge on any atom is -0.385 e. The number of amides is 1. The highest BCUT2D eigenvalue weighted by Gasteiger charge is 2.25. The molecule has 1 aromatic rings. The van der Waals surface area contributed by atoms with Crippen LogP contribution in [0.5, 0.6) is 0 Å². The number of halogens is 2. The van der Waals surface area contributed by atoms with Crippen molar-refractivity contribution in [2.75, 3.05) is 44.6 Å². The first-order valence-corrected chi connectivity index (χ1v) is 8.52. The Bertz CT molecular complexity index is 543. The number of nitrogens with zero attached hydrogens (tertiary/aromatic N) is 2. The molecule has 24 heavy (non-hydrogen) atoms. The highest BCUT2D eigenvalue weighted by atomic mass is 35.5. The Balaban J connectivity index is 0.00000144. The van der Waals surface area contributed by atoms with Gasteiger partial charge in [0.05, 0.1) is 0 Å². The summed E-state index contributed by atoms with van der Waals surface area (Å²) in [6.45, 7) is 10.3. The summed E-state index contributed by atoms with van der Waals surface area (Å²) < 4.78 is 0. The fraction of sp³-hybridized carbons (Fsp3) is 0.611. The molecule has 1 saturated heterocycles. The molecular formula is C18H29Cl2N3O. The summed E-state index contributed by atoms with van der Waals surface area (Å²) in [6.07, 6.45) is 2.12. The molecule has 1 amide bonds. The van der Waals surface area contributed by atoms with Gasteiger partial charge in [0.2, 0.25) is 0 Å². The number of hydrogen-bond acceptors (Lipinski definition) is 3. The molecule has 2 aliphatic heterocycles. The zero-order chi connectivity index (χ0) is 15.5. The minimum atomic E-state index is 0. The largest absolute Gasteiger partial charge is 0.385 e. The van der Waals surface area contributed by atoms with E-state index in [1.165, 1.54) is 5.56 Å². The van der Waals surface area contributed by atoms with Gasteiger partial charge in [-0.2, -0.15) is 0 Å². The maximum Gasteiger partial charge on any atom is 0.254 e. The fourth-order valence-electron chi connectivity index (χ4n) is 3.53. The van der Waals surface area contributed by atoms with Crippen LogP contribution in [0.2, 0.25) is 0 Å². The van der Waals surface area contributed by atoms with Gasteiger partial charge in [-0.05, 0) is 36.5 Å². The molecule has 4 nitrogen and oxygen atoms in total. The van der Waals surface area contributed by atoms with Gasteiger partial charge in [0.25, 0.3) is 5.91 Å². The van der Waals surface area contributed by atoms with Crippen molar-refractivity contribution < 1.29 is 4.79 Å². The molecule has 1 aromatic carbocycles. The Labute approximate surface area is 157 Å². The van der Waals surface area contributed by atoms with Crippen LogP contribution in [0, 0.1) is 5.92 Å². The van der Waals surface area contributed by atoms with Gasteiger partial charge in [-0.15, -0.1) is 24.8 Å². The van der Waals surface area contributed by atoms with Crippen LogP contribution >= 0.6 is 24.8 Å². The molecule has 0 radical (unpaired) electrons. The van der Waals surface area contributed by atoms with Gasteiger partial charge in [0.15, 0.2) is 0 Å². The molecule has 0 saturated carbocycles. The van der Waals surface area contributed by atoms with Crippen LogP contribution in [0.3, 0.4) is 0 Å². The van der Waals surface area contributed by atoms with E-state index in [4.69, 9.17) is 0 Å². The van der Waals surface area contributed by atoms with Crippen molar-refractivity contribution in [1.29, 1.82) is 0 Å². The molecule has 0 aromatic heterocycles. The van der Waals surface area contributed by atoms with Gasteiger partial charge in [0.1, 0.15) is 0 Å². The summed E-state index contributed by atoms with van der Waals surface area (Å²) in [4.78, 5) is 17.4. The molecule has 136 valence electrons. The van der Waals surface area contributed by atoms with E-state index >= 15 is 0 Å². The number of fused-ring (bicyclic) bond motifs is 1. The number of nitrogens with one attached hydrogen (secondary N) is 1. The molecule has 2 aliphatic rings. The first-order valence-electron chi connectivity index (χ1n) is 8.52. The van der Waals surface area contributed by atoms with Crippen molar-refractivity contribution in [2.45, 2.75) is 26.7 Å². The second-order valence-electron chi connectivity index (χ2n) is 6.85. The molecular weight excluding hydrogens is 345 g/mol. The summed E-state index contributed by atoms with van der Waals surface area (Å²) in [7, 11) is 0. The van der Waals surface area contributed by atoms with Crippen molar-refractivity contribution in [3.8, 4) is 0 Å². The van der Waals surface area contributed by atoms with Gasteiger partial charge < -0.3 is 10.2 Å². The first-order chi connectivity index (χ1) is 10.6. The van der Waals surface area contributed by atoms with E-state index in [0.717, 1.165) is 63.4 Å². The first kappa shape index (κ1) is 21.1. The molecule has 6 heteroatoms. The van der Waals surface area contributed by atoms with E-state index in [1.807, 2.05) is 17.0 Å². The molecule has 2 heterocycles. The maximum absolute atomic E-state index is 12.9. The highest BCUT2D eigenvalue weighted by Crippen LogP contribution is 2.26. The number of carbonyl (C=O) groups excluding carboxylic acids is 1. The Morgan fingerprint density at radius 2 is 1.88 bits per heavy atom. The average molecular weight is 374 g/mol. The Kier molecular flexibility index (Phi) is 8.34. The zero-order valence-electron chi connectivity index (χ0n) is 14.6. The van der Waals surface area contributed by atoms with Crippen molar-refractivity contribution >= 4 is 36.4 Å². The van der Waals surface area contributed by atoms with Crippen LogP contribution in [-0.4, -0.2) is 55.0 Å². The number of rotatable bonds is 3. The summed E-state index contributed by atoms with van der Waals surface area (Å²) in [5, 5.41) is 3.41. The van der Waals surface area contributed by atoms with Gasteiger partial charge >= 0.3 is 0 Å². The molecule has 0 bridgehead atoms. The van der Waals surface area contributed by atoms with Crippen LogP contribution < -0.4 is 5.32 Å². The molecule has 0 unspecified atom stereocenters. The summed E-state index contributed by atoms with van der Waals surface area (Å²) in [5.41, 5.74) is 3.26. The molecule has 1 fully saturated rings. The lowest BCUT2D eigenvalue weighted by Crippen LogP contribution is -2.49. The summed E-state index contributed by atoms with van der Waals surface area (Å²) in [6, 6.07) is 6.08. The van der Waals surface area contributed by atoms with E-state index in [-0.39, 0.29) is 30.7 Å². The lowest BCUT2D eigenvalue weighted by molar-refractivity contribution is 0.0622. The van der Waals surface area contributed by atoms with Gasteiger partial charge in [0, 0.05) is 50.5 Å². The normalized spacial score (nSPS) is 17.4. The third-order valence-corrected chi connectivity index (χ3v) is 4.61. The van der Waals surface area contributed by atoms with Crippen LogP contribution in [0.15, 0.2) is 18.2 Å². The standard InChI is InChI=1S/C18H27N3O.2ClH/c1-14(2)13-20-9-11-21(12-10-20)18(22)16-5-3-7-17-15(16)6-4-8-19-17;;/h3,5,7,14,19H,4,6,8-13H2,1-2H3;2*1H. The molecule has 0 atom stereocenters. The third-order valence-electron chi connectivity index (χ3n) is 4.61.